The predicted molar refractivity (Wildman–Crippen MR) is 87.8 cm³/mol. The molecule has 3 rings (SSSR count). The summed E-state index contributed by atoms with van der Waals surface area (Å²) in [5.74, 6) is -0.603. The maximum Gasteiger partial charge on any atom is 0.248 e. The topological polar surface area (TPSA) is 56.1 Å². The van der Waals surface area contributed by atoms with Gasteiger partial charge < -0.3 is 0 Å². The molecule has 24 heavy (non-hydrogen) atoms. The fraction of sp³-hybridized carbons (Fsp3) is 0.111. The summed E-state index contributed by atoms with van der Waals surface area (Å²) < 4.78 is 14.9. The summed E-state index contributed by atoms with van der Waals surface area (Å²) in [5, 5.41) is 4.57. The Bertz CT molecular complexity index is 829. The molecule has 0 aliphatic carbocycles. The monoisotopic (exact) mass is 325 g/mol. The van der Waals surface area contributed by atoms with Crippen molar-refractivity contribution < 1.29 is 14.0 Å². The summed E-state index contributed by atoms with van der Waals surface area (Å²) in [6, 6.07) is 15.6. The van der Waals surface area contributed by atoms with E-state index in [1.165, 1.54) is 19.2 Å². The second-order valence-corrected chi connectivity index (χ2v) is 5.20. The molecule has 0 radical (unpaired) electrons. The summed E-state index contributed by atoms with van der Waals surface area (Å²) in [7, 11) is 1.38. The quantitative estimate of drug-likeness (QED) is 0.734. The van der Waals surface area contributed by atoms with Crippen LogP contribution in [0.4, 0.5) is 4.39 Å². The fourth-order valence-electron chi connectivity index (χ4n) is 2.43. The van der Waals surface area contributed by atoms with Gasteiger partial charge in [-0.15, -0.1) is 0 Å². The molecule has 1 amide bonds. The smallest absolute Gasteiger partial charge is 0.248 e. The maximum absolute atomic E-state index is 13.2. The van der Waals surface area contributed by atoms with E-state index < -0.39 is 0 Å². The first kappa shape index (κ1) is 15.9. The first-order valence-corrected chi connectivity index (χ1v) is 7.39. The number of nitrogens with one attached hydrogen (secondary N) is 1. The molecule has 0 saturated heterocycles. The molecule has 1 aromatic heterocycles. The fourth-order valence-corrected chi connectivity index (χ4v) is 2.43. The molecule has 0 unspecified atom stereocenters. The zero-order chi connectivity index (χ0) is 16.9. The summed E-state index contributed by atoms with van der Waals surface area (Å²) in [5.41, 5.74) is 5.26. The SMILES string of the molecule is CONC(=O)Cc1cn(-c2ccccc2)nc1-c1ccc(F)cc1. The van der Waals surface area contributed by atoms with Crippen molar-refractivity contribution >= 4 is 5.91 Å². The van der Waals surface area contributed by atoms with Crippen LogP contribution in [0.2, 0.25) is 0 Å². The largest absolute Gasteiger partial charge is 0.277 e. The standard InChI is InChI=1S/C18H16FN3O2/c1-24-21-17(23)11-14-12-22(16-5-3-2-4-6-16)20-18(14)13-7-9-15(19)10-8-13/h2-10,12H,11H2,1H3,(H,21,23). The van der Waals surface area contributed by atoms with Crippen LogP contribution in [0.5, 0.6) is 0 Å². The Morgan fingerprint density at radius 3 is 2.54 bits per heavy atom. The Morgan fingerprint density at radius 2 is 1.88 bits per heavy atom. The molecule has 1 heterocycles. The van der Waals surface area contributed by atoms with Gasteiger partial charge in [-0.25, -0.2) is 14.6 Å². The molecule has 122 valence electrons. The Hall–Kier alpha value is -2.99. The molecule has 0 aliphatic heterocycles. The minimum atomic E-state index is -0.320. The van der Waals surface area contributed by atoms with E-state index in [0.717, 1.165) is 16.8 Å². The lowest BCUT2D eigenvalue weighted by Crippen LogP contribution is -2.23. The van der Waals surface area contributed by atoms with Crippen molar-refractivity contribution in [3.63, 3.8) is 0 Å². The van der Waals surface area contributed by atoms with E-state index in [0.29, 0.717) is 5.69 Å². The van der Waals surface area contributed by atoms with Crippen LogP contribution in [0.15, 0.2) is 60.8 Å². The number of halogens is 1. The van der Waals surface area contributed by atoms with E-state index in [2.05, 4.69) is 15.4 Å². The predicted octanol–water partition coefficient (Wildman–Crippen LogP) is 2.90. The van der Waals surface area contributed by atoms with Gasteiger partial charge >= 0.3 is 0 Å². The highest BCUT2D eigenvalue weighted by molar-refractivity contribution is 5.80. The van der Waals surface area contributed by atoms with Crippen molar-refractivity contribution in [1.82, 2.24) is 15.3 Å². The Morgan fingerprint density at radius 1 is 1.17 bits per heavy atom. The number of benzene rings is 2. The number of aromatic nitrogens is 2. The average molecular weight is 325 g/mol. The van der Waals surface area contributed by atoms with E-state index in [9.17, 15) is 9.18 Å². The highest BCUT2D eigenvalue weighted by atomic mass is 19.1. The van der Waals surface area contributed by atoms with Gasteiger partial charge in [0.25, 0.3) is 0 Å². The molecule has 0 saturated carbocycles. The highest BCUT2D eigenvalue weighted by Crippen LogP contribution is 2.24. The van der Waals surface area contributed by atoms with Crippen LogP contribution < -0.4 is 5.48 Å². The zero-order valence-corrected chi connectivity index (χ0v) is 13.1. The summed E-state index contributed by atoms with van der Waals surface area (Å²) in [4.78, 5) is 16.5. The van der Waals surface area contributed by atoms with Gasteiger partial charge in [-0.2, -0.15) is 5.10 Å². The third-order valence-electron chi connectivity index (χ3n) is 3.50. The van der Waals surface area contributed by atoms with E-state index >= 15 is 0 Å². The van der Waals surface area contributed by atoms with Gasteiger partial charge in [0.1, 0.15) is 5.82 Å². The molecule has 5 nitrogen and oxygen atoms in total. The molecule has 0 atom stereocenters. The summed E-state index contributed by atoms with van der Waals surface area (Å²) in [6.07, 6.45) is 1.90. The molecular formula is C18H16FN3O2. The van der Waals surface area contributed by atoms with Crippen LogP contribution in [-0.4, -0.2) is 22.8 Å². The second kappa shape index (κ2) is 7.06. The first-order valence-electron chi connectivity index (χ1n) is 7.39. The number of rotatable bonds is 5. The Kier molecular flexibility index (Phi) is 4.67. The van der Waals surface area contributed by atoms with Gasteiger partial charge in [-0.1, -0.05) is 18.2 Å². The number of carbonyl (C=O) groups excluding carboxylic acids is 1. The van der Waals surface area contributed by atoms with E-state index in [4.69, 9.17) is 0 Å². The number of amides is 1. The van der Waals surface area contributed by atoms with Crippen LogP contribution in [-0.2, 0) is 16.1 Å². The second-order valence-electron chi connectivity index (χ2n) is 5.20. The molecule has 0 spiro atoms. The van der Waals surface area contributed by atoms with Crippen molar-refractivity contribution in [1.29, 1.82) is 0 Å². The van der Waals surface area contributed by atoms with Gasteiger partial charge in [0.15, 0.2) is 0 Å². The average Bonchev–Trinajstić information content (AvgIpc) is 3.00. The van der Waals surface area contributed by atoms with E-state index in [1.807, 2.05) is 30.3 Å². The van der Waals surface area contributed by atoms with Crippen LogP contribution in [0.25, 0.3) is 16.9 Å². The third-order valence-corrected chi connectivity index (χ3v) is 3.50. The molecule has 3 aromatic rings. The van der Waals surface area contributed by atoms with Crippen LogP contribution in [0.1, 0.15) is 5.56 Å². The zero-order valence-electron chi connectivity index (χ0n) is 13.1. The summed E-state index contributed by atoms with van der Waals surface area (Å²) in [6.45, 7) is 0. The lowest BCUT2D eigenvalue weighted by molar-refractivity contribution is -0.130. The molecule has 2 aromatic carbocycles. The van der Waals surface area contributed by atoms with E-state index in [-0.39, 0.29) is 18.1 Å². The minimum Gasteiger partial charge on any atom is -0.277 e. The normalized spacial score (nSPS) is 10.6. The number of hydrogen-bond donors (Lipinski definition) is 1. The Balaban J connectivity index is 2.02. The van der Waals surface area contributed by atoms with Crippen molar-refractivity contribution in [2.45, 2.75) is 6.42 Å². The minimum absolute atomic E-state index is 0.105. The van der Waals surface area contributed by atoms with Gasteiger partial charge in [0, 0.05) is 17.3 Å². The molecule has 1 N–H and O–H groups in total. The molecule has 0 aliphatic rings. The van der Waals surface area contributed by atoms with Gasteiger partial charge in [-0.05, 0) is 36.4 Å². The van der Waals surface area contributed by atoms with Crippen molar-refractivity contribution in [2.75, 3.05) is 7.11 Å². The first-order chi connectivity index (χ1) is 11.7. The number of hydrogen-bond acceptors (Lipinski definition) is 3. The third kappa shape index (κ3) is 3.49. The highest BCUT2D eigenvalue weighted by Gasteiger charge is 2.15. The molecule has 0 fully saturated rings. The number of para-hydroxylation sites is 1. The number of carbonyl (C=O) groups is 1. The van der Waals surface area contributed by atoms with Crippen LogP contribution in [0.3, 0.4) is 0 Å². The van der Waals surface area contributed by atoms with E-state index in [1.54, 1.807) is 23.0 Å². The van der Waals surface area contributed by atoms with Gasteiger partial charge in [0.05, 0.1) is 24.9 Å². The lowest BCUT2D eigenvalue weighted by Gasteiger charge is -2.03. The van der Waals surface area contributed by atoms with Crippen LogP contribution >= 0.6 is 0 Å². The Labute approximate surface area is 138 Å². The van der Waals surface area contributed by atoms with Gasteiger partial charge in [0.2, 0.25) is 5.91 Å². The van der Waals surface area contributed by atoms with Gasteiger partial charge in [-0.3, -0.25) is 9.63 Å². The molecular weight excluding hydrogens is 309 g/mol. The van der Waals surface area contributed by atoms with Crippen molar-refractivity contribution in [2.24, 2.45) is 0 Å². The molecule has 6 heteroatoms. The number of nitrogens with zero attached hydrogens (tertiary/aromatic N) is 2. The van der Waals surface area contributed by atoms with Crippen molar-refractivity contribution in [3.05, 3.63) is 72.2 Å². The molecule has 0 bridgehead atoms. The van der Waals surface area contributed by atoms with Crippen LogP contribution in [0, 0.1) is 5.82 Å². The lowest BCUT2D eigenvalue weighted by atomic mass is 10.1. The maximum atomic E-state index is 13.2. The number of hydroxylamine groups is 1. The van der Waals surface area contributed by atoms with Crippen molar-refractivity contribution in [3.8, 4) is 16.9 Å². The summed E-state index contributed by atoms with van der Waals surface area (Å²) >= 11 is 0.